The van der Waals surface area contributed by atoms with Crippen molar-refractivity contribution in [3.63, 3.8) is 0 Å². The van der Waals surface area contributed by atoms with Crippen LogP contribution in [0.25, 0.3) is 6.08 Å². The fourth-order valence-electron chi connectivity index (χ4n) is 2.71. The number of carbonyl (C=O) groups excluding carboxylic acids is 1. The van der Waals surface area contributed by atoms with Gasteiger partial charge in [0.1, 0.15) is 5.75 Å². The number of aromatic nitrogens is 1. The van der Waals surface area contributed by atoms with Crippen molar-refractivity contribution in [2.24, 2.45) is 0 Å². The van der Waals surface area contributed by atoms with Crippen LogP contribution in [0.2, 0.25) is 0 Å². The van der Waals surface area contributed by atoms with Gasteiger partial charge in [-0.1, -0.05) is 18.2 Å². The Morgan fingerprint density at radius 1 is 1.22 bits per heavy atom. The number of benzene rings is 1. The Kier molecular flexibility index (Phi) is 5.69. The first kappa shape index (κ1) is 19.2. The number of halogens is 3. The molecule has 27 heavy (non-hydrogen) atoms. The molecule has 1 saturated heterocycles. The number of nitrogens with zero attached hydrogens (tertiary/aromatic N) is 3. The Labute approximate surface area is 158 Å². The van der Waals surface area contributed by atoms with E-state index in [2.05, 4.69) is 14.6 Å². The Morgan fingerprint density at radius 2 is 1.93 bits per heavy atom. The number of para-hydroxylation sites is 1. The fraction of sp³-hybridized carbons (Fsp3) is 0.333. The van der Waals surface area contributed by atoms with Crippen molar-refractivity contribution in [3.05, 3.63) is 47.0 Å². The lowest BCUT2D eigenvalue weighted by Gasteiger charge is -2.34. The minimum Gasteiger partial charge on any atom is -0.405 e. The van der Waals surface area contributed by atoms with E-state index in [0.717, 1.165) is 10.0 Å². The molecule has 1 fully saturated rings. The zero-order valence-corrected chi connectivity index (χ0v) is 15.4. The van der Waals surface area contributed by atoms with Crippen molar-refractivity contribution in [2.45, 2.75) is 13.3 Å². The largest absolute Gasteiger partial charge is 0.573 e. The zero-order chi connectivity index (χ0) is 19.4. The summed E-state index contributed by atoms with van der Waals surface area (Å²) >= 11 is 1.61. The maximum absolute atomic E-state index is 12.5. The number of thiazole rings is 1. The first-order chi connectivity index (χ1) is 12.8. The van der Waals surface area contributed by atoms with E-state index in [1.807, 2.05) is 13.1 Å². The normalized spacial score (nSPS) is 15.4. The van der Waals surface area contributed by atoms with E-state index >= 15 is 0 Å². The molecule has 144 valence electrons. The number of alkyl halides is 3. The highest BCUT2D eigenvalue weighted by Crippen LogP contribution is 2.27. The molecular weight excluding hydrogens is 379 g/mol. The quantitative estimate of drug-likeness (QED) is 0.738. The van der Waals surface area contributed by atoms with E-state index in [9.17, 15) is 18.0 Å². The lowest BCUT2D eigenvalue weighted by molar-refractivity contribution is -0.274. The van der Waals surface area contributed by atoms with Crippen molar-refractivity contribution in [2.75, 3.05) is 31.1 Å². The molecule has 1 aliphatic rings. The third-order valence-electron chi connectivity index (χ3n) is 4.02. The lowest BCUT2D eigenvalue weighted by Crippen LogP contribution is -2.48. The summed E-state index contributed by atoms with van der Waals surface area (Å²) in [6.45, 7) is 4.39. The number of hydrogen-bond donors (Lipinski definition) is 0. The highest BCUT2D eigenvalue weighted by molar-refractivity contribution is 7.15. The van der Waals surface area contributed by atoms with Crippen molar-refractivity contribution in [3.8, 4) is 5.75 Å². The van der Waals surface area contributed by atoms with Crippen molar-refractivity contribution >= 4 is 28.5 Å². The average molecular weight is 397 g/mol. The zero-order valence-electron chi connectivity index (χ0n) is 14.6. The summed E-state index contributed by atoms with van der Waals surface area (Å²) in [5.41, 5.74) is 0.195. The smallest absolute Gasteiger partial charge is 0.405 e. The third-order valence-corrected chi connectivity index (χ3v) is 4.99. The van der Waals surface area contributed by atoms with Crippen LogP contribution in [0.3, 0.4) is 0 Å². The number of carbonyl (C=O) groups is 1. The molecule has 0 aliphatic carbocycles. The second kappa shape index (κ2) is 7.99. The Morgan fingerprint density at radius 3 is 2.56 bits per heavy atom. The summed E-state index contributed by atoms with van der Waals surface area (Å²) in [7, 11) is 0. The number of piperazine rings is 1. The van der Waals surface area contributed by atoms with Crippen molar-refractivity contribution in [1.29, 1.82) is 0 Å². The molecule has 5 nitrogen and oxygen atoms in total. The SMILES string of the molecule is Cc1cnc(N2CCN(C(=O)C=Cc3ccccc3OC(F)(F)F)CC2)s1. The van der Waals surface area contributed by atoms with Crippen LogP contribution in [-0.4, -0.2) is 48.3 Å². The predicted octanol–water partition coefficient (Wildman–Crippen LogP) is 3.71. The fourth-order valence-corrected chi connectivity index (χ4v) is 3.52. The van der Waals surface area contributed by atoms with Crippen LogP contribution in [0.15, 0.2) is 36.5 Å². The summed E-state index contributed by atoms with van der Waals surface area (Å²) in [5.74, 6) is -0.579. The summed E-state index contributed by atoms with van der Waals surface area (Å²) in [5, 5.41) is 0.938. The molecule has 2 heterocycles. The standard InChI is InChI=1S/C18H18F3N3O2S/c1-13-12-22-17(27-13)24-10-8-23(9-11-24)16(25)7-6-14-4-2-3-5-15(14)26-18(19,20)21/h2-7,12H,8-11H2,1H3. The molecule has 0 saturated carbocycles. The van der Waals surface area contributed by atoms with Gasteiger partial charge in [-0.05, 0) is 19.1 Å². The van der Waals surface area contributed by atoms with Gasteiger partial charge in [-0.2, -0.15) is 0 Å². The average Bonchev–Trinajstić information content (AvgIpc) is 3.06. The number of anilines is 1. The number of ether oxygens (including phenoxy) is 1. The number of aryl methyl sites for hydroxylation is 1. The molecule has 1 aromatic heterocycles. The van der Waals surface area contributed by atoms with Gasteiger partial charge in [-0.15, -0.1) is 24.5 Å². The van der Waals surface area contributed by atoms with Gasteiger partial charge in [0.2, 0.25) is 5.91 Å². The van der Waals surface area contributed by atoms with Gasteiger partial charge in [-0.25, -0.2) is 4.98 Å². The van der Waals surface area contributed by atoms with Gasteiger partial charge in [-0.3, -0.25) is 4.79 Å². The molecule has 1 aromatic carbocycles. The Hall–Kier alpha value is -2.55. The van der Waals surface area contributed by atoms with E-state index in [4.69, 9.17) is 0 Å². The molecule has 0 bridgehead atoms. The van der Waals surface area contributed by atoms with E-state index in [1.165, 1.54) is 30.4 Å². The van der Waals surface area contributed by atoms with Gasteiger partial charge >= 0.3 is 6.36 Å². The highest BCUT2D eigenvalue weighted by atomic mass is 32.1. The molecule has 3 rings (SSSR count). The van der Waals surface area contributed by atoms with Crippen LogP contribution in [0.1, 0.15) is 10.4 Å². The van der Waals surface area contributed by atoms with Gasteiger partial charge in [0.25, 0.3) is 0 Å². The molecule has 1 aliphatic heterocycles. The molecule has 1 amide bonds. The second-order valence-electron chi connectivity index (χ2n) is 5.98. The van der Waals surface area contributed by atoms with Gasteiger partial charge < -0.3 is 14.5 Å². The third kappa shape index (κ3) is 5.22. The highest BCUT2D eigenvalue weighted by Gasteiger charge is 2.31. The molecular formula is C18H18F3N3O2S. The number of hydrogen-bond acceptors (Lipinski definition) is 5. The first-order valence-corrected chi connectivity index (χ1v) is 9.12. The van der Waals surface area contributed by atoms with E-state index in [-0.39, 0.29) is 17.2 Å². The summed E-state index contributed by atoms with van der Waals surface area (Å²) < 4.78 is 41.4. The number of amides is 1. The van der Waals surface area contributed by atoms with E-state index in [0.29, 0.717) is 26.2 Å². The molecule has 0 unspecified atom stereocenters. The van der Waals surface area contributed by atoms with Crippen LogP contribution in [-0.2, 0) is 4.79 Å². The Balaban J connectivity index is 1.60. The lowest BCUT2D eigenvalue weighted by atomic mass is 10.2. The molecule has 0 atom stereocenters. The summed E-state index contributed by atoms with van der Waals surface area (Å²) in [4.78, 5) is 21.6. The topological polar surface area (TPSA) is 45.7 Å². The molecule has 9 heteroatoms. The molecule has 2 aromatic rings. The van der Waals surface area contributed by atoms with Gasteiger partial charge in [0, 0.05) is 48.9 Å². The van der Waals surface area contributed by atoms with Crippen LogP contribution in [0.4, 0.5) is 18.3 Å². The second-order valence-corrected chi connectivity index (χ2v) is 7.20. The van der Waals surface area contributed by atoms with Crippen LogP contribution in [0.5, 0.6) is 5.75 Å². The van der Waals surface area contributed by atoms with Gasteiger partial charge in [0.15, 0.2) is 5.13 Å². The monoisotopic (exact) mass is 397 g/mol. The molecule has 0 radical (unpaired) electrons. The summed E-state index contributed by atoms with van der Waals surface area (Å²) in [6.07, 6.45) is -0.332. The van der Waals surface area contributed by atoms with Gasteiger partial charge in [0.05, 0.1) is 0 Å². The minimum atomic E-state index is -4.78. The van der Waals surface area contributed by atoms with Crippen molar-refractivity contribution in [1.82, 2.24) is 9.88 Å². The van der Waals surface area contributed by atoms with Crippen LogP contribution < -0.4 is 9.64 Å². The first-order valence-electron chi connectivity index (χ1n) is 8.31. The van der Waals surface area contributed by atoms with E-state index in [1.54, 1.807) is 22.3 Å². The maximum Gasteiger partial charge on any atom is 0.573 e. The van der Waals surface area contributed by atoms with Crippen LogP contribution >= 0.6 is 11.3 Å². The maximum atomic E-state index is 12.5. The number of rotatable bonds is 4. The summed E-state index contributed by atoms with van der Waals surface area (Å²) in [6, 6.07) is 5.71. The van der Waals surface area contributed by atoms with Crippen LogP contribution in [0, 0.1) is 6.92 Å². The minimum absolute atomic E-state index is 0.195. The Bertz CT molecular complexity index is 827. The predicted molar refractivity (Wildman–Crippen MR) is 97.8 cm³/mol. The van der Waals surface area contributed by atoms with E-state index < -0.39 is 6.36 Å². The van der Waals surface area contributed by atoms with Crippen molar-refractivity contribution < 1.29 is 22.7 Å². The molecule has 0 spiro atoms. The molecule has 0 N–H and O–H groups in total.